The third kappa shape index (κ3) is 4.35. The average molecular weight is 173 g/mol. The van der Waals surface area contributed by atoms with Gasteiger partial charge in [0.15, 0.2) is 0 Å². The van der Waals surface area contributed by atoms with Crippen molar-refractivity contribution in [3.05, 3.63) is 35.9 Å². The zero-order valence-electron chi connectivity index (χ0n) is 8.01. The van der Waals surface area contributed by atoms with Gasteiger partial charge >= 0.3 is 0 Å². The van der Waals surface area contributed by atoms with Crippen molar-refractivity contribution in [1.82, 2.24) is 5.32 Å². The Morgan fingerprint density at radius 3 is 2.69 bits per heavy atom. The van der Waals surface area contributed by atoms with Crippen molar-refractivity contribution >= 4 is 0 Å². The molecule has 0 atom stereocenters. The molecule has 0 bridgehead atoms. The quantitative estimate of drug-likeness (QED) is 0.545. The molecule has 0 fully saturated rings. The molecule has 1 heteroatoms. The minimum atomic E-state index is 0.919. The van der Waals surface area contributed by atoms with Crippen LogP contribution in [0.5, 0.6) is 0 Å². The van der Waals surface area contributed by atoms with Crippen LogP contribution in [0.3, 0.4) is 0 Å². The molecule has 1 rings (SSSR count). The van der Waals surface area contributed by atoms with Crippen LogP contribution in [-0.2, 0) is 0 Å². The second-order valence-corrected chi connectivity index (χ2v) is 2.77. The molecule has 0 radical (unpaired) electrons. The molecule has 0 amide bonds. The van der Waals surface area contributed by atoms with Gasteiger partial charge in [-0.2, -0.15) is 0 Å². The standard InChI is InChI=1S/C12H15N/c1-2-13-11-7-6-10-12-8-4-3-5-9-12/h3-5,8-9,13H,2,7,11H2,1H3. The summed E-state index contributed by atoms with van der Waals surface area (Å²) in [5.74, 6) is 6.24. The molecule has 1 aromatic rings. The predicted octanol–water partition coefficient (Wildman–Crippen LogP) is 2.04. The maximum absolute atomic E-state index is 3.23. The molecule has 0 aliphatic carbocycles. The molecule has 0 saturated carbocycles. The summed E-state index contributed by atoms with van der Waals surface area (Å²) in [4.78, 5) is 0. The van der Waals surface area contributed by atoms with E-state index in [1.807, 2.05) is 30.3 Å². The van der Waals surface area contributed by atoms with E-state index in [4.69, 9.17) is 0 Å². The molecule has 1 aromatic carbocycles. The van der Waals surface area contributed by atoms with E-state index < -0.39 is 0 Å². The van der Waals surface area contributed by atoms with Crippen LogP contribution in [-0.4, -0.2) is 13.1 Å². The minimum Gasteiger partial charge on any atom is -0.316 e. The number of rotatable bonds is 3. The maximum atomic E-state index is 3.23. The molecule has 0 spiro atoms. The van der Waals surface area contributed by atoms with Crippen LogP contribution in [0, 0.1) is 11.8 Å². The normalized spacial score (nSPS) is 9.00. The zero-order valence-corrected chi connectivity index (χ0v) is 8.01. The van der Waals surface area contributed by atoms with Crippen molar-refractivity contribution < 1.29 is 0 Å². The molecular formula is C12H15N. The van der Waals surface area contributed by atoms with E-state index in [-0.39, 0.29) is 0 Å². The third-order valence-corrected chi connectivity index (χ3v) is 1.68. The van der Waals surface area contributed by atoms with Crippen LogP contribution in [0.4, 0.5) is 0 Å². The van der Waals surface area contributed by atoms with E-state index in [2.05, 4.69) is 24.1 Å². The summed E-state index contributed by atoms with van der Waals surface area (Å²) < 4.78 is 0. The van der Waals surface area contributed by atoms with E-state index in [0.717, 1.165) is 25.1 Å². The highest BCUT2D eigenvalue weighted by molar-refractivity contribution is 5.33. The Kier molecular flexibility index (Phi) is 4.74. The average Bonchev–Trinajstić information content (AvgIpc) is 2.19. The van der Waals surface area contributed by atoms with Gasteiger partial charge in [-0.25, -0.2) is 0 Å². The Labute approximate surface area is 80.2 Å². The highest BCUT2D eigenvalue weighted by Crippen LogP contribution is 1.94. The van der Waals surface area contributed by atoms with E-state index >= 15 is 0 Å². The van der Waals surface area contributed by atoms with E-state index in [9.17, 15) is 0 Å². The fourth-order valence-electron chi connectivity index (χ4n) is 1.01. The van der Waals surface area contributed by atoms with Gasteiger partial charge in [-0.1, -0.05) is 37.0 Å². The van der Waals surface area contributed by atoms with Crippen LogP contribution < -0.4 is 5.32 Å². The second kappa shape index (κ2) is 6.28. The van der Waals surface area contributed by atoms with Crippen molar-refractivity contribution in [2.45, 2.75) is 13.3 Å². The Morgan fingerprint density at radius 1 is 1.23 bits per heavy atom. The van der Waals surface area contributed by atoms with Crippen LogP contribution in [0.1, 0.15) is 18.9 Å². The van der Waals surface area contributed by atoms with E-state index in [1.165, 1.54) is 0 Å². The lowest BCUT2D eigenvalue weighted by Gasteiger charge is -1.93. The van der Waals surface area contributed by atoms with Gasteiger partial charge < -0.3 is 5.32 Å². The van der Waals surface area contributed by atoms with Gasteiger partial charge in [0.2, 0.25) is 0 Å². The minimum absolute atomic E-state index is 0.919. The largest absolute Gasteiger partial charge is 0.316 e. The van der Waals surface area contributed by atoms with Crippen molar-refractivity contribution in [3.8, 4) is 11.8 Å². The van der Waals surface area contributed by atoms with Gasteiger partial charge in [0, 0.05) is 18.5 Å². The Hall–Kier alpha value is -1.26. The summed E-state index contributed by atoms with van der Waals surface area (Å²) in [6.07, 6.45) is 0.919. The molecular weight excluding hydrogens is 158 g/mol. The van der Waals surface area contributed by atoms with E-state index in [1.54, 1.807) is 0 Å². The summed E-state index contributed by atoms with van der Waals surface area (Å²) in [5, 5.41) is 3.23. The van der Waals surface area contributed by atoms with Crippen molar-refractivity contribution in [1.29, 1.82) is 0 Å². The molecule has 68 valence electrons. The zero-order chi connectivity index (χ0) is 9.36. The van der Waals surface area contributed by atoms with Crippen molar-refractivity contribution in [2.75, 3.05) is 13.1 Å². The molecule has 0 unspecified atom stereocenters. The predicted molar refractivity (Wildman–Crippen MR) is 56.5 cm³/mol. The van der Waals surface area contributed by atoms with Crippen LogP contribution in [0.2, 0.25) is 0 Å². The summed E-state index contributed by atoms with van der Waals surface area (Å²) in [7, 11) is 0. The van der Waals surface area contributed by atoms with Gasteiger partial charge in [-0.3, -0.25) is 0 Å². The monoisotopic (exact) mass is 173 g/mol. The Morgan fingerprint density at radius 2 is 2.00 bits per heavy atom. The highest BCUT2D eigenvalue weighted by Gasteiger charge is 1.81. The Bertz CT molecular complexity index is 279. The summed E-state index contributed by atoms with van der Waals surface area (Å²) in [6, 6.07) is 10.1. The lowest BCUT2D eigenvalue weighted by molar-refractivity contribution is 0.733. The first-order chi connectivity index (χ1) is 6.43. The van der Waals surface area contributed by atoms with Crippen LogP contribution in [0.25, 0.3) is 0 Å². The smallest absolute Gasteiger partial charge is 0.0245 e. The van der Waals surface area contributed by atoms with Gasteiger partial charge in [-0.15, -0.1) is 0 Å². The first-order valence-electron chi connectivity index (χ1n) is 4.68. The van der Waals surface area contributed by atoms with E-state index in [0.29, 0.717) is 0 Å². The summed E-state index contributed by atoms with van der Waals surface area (Å²) in [5.41, 5.74) is 1.10. The van der Waals surface area contributed by atoms with Crippen molar-refractivity contribution in [3.63, 3.8) is 0 Å². The third-order valence-electron chi connectivity index (χ3n) is 1.68. The number of benzene rings is 1. The number of hydrogen-bond acceptors (Lipinski definition) is 1. The summed E-state index contributed by atoms with van der Waals surface area (Å²) in [6.45, 7) is 4.11. The fourth-order valence-corrected chi connectivity index (χ4v) is 1.01. The fraction of sp³-hybridized carbons (Fsp3) is 0.333. The summed E-state index contributed by atoms with van der Waals surface area (Å²) >= 11 is 0. The lowest BCUT2D eigenvalue weighted by Crippen LogP contribution is -2.13. The first kappa shape index (κ1) is 9.83. The van der Waals surface area contributed by atoms with Gasteiger partial charge in [0.05, 0.1) is 0 Å². The SMILES string of the molecule is CCNCCC#Cc1ccccc1. The molecule has 0 aromatic heterocycles. The molecule has 0 heterocycles. The molecule has 0 aliphatic rings. The second-order valence-electron chi connectivity index (χ2n) is 2.77. The topological polar surface area (TPSA) is 12.0 Å². The number of nitrogens with one attached hydrogen (secondary N) is 1. The van der Waals surface area contributed by atoms with Crippen molar-refractivity contribution in [2.24, 2.45) is 0 Å². The molecule has 0 aliphatic heterocycles. The molecule has 13 heavy (non-hydrogen) atoms. The molecule has 1 nitrogen and oxygen atoms in total. The number of hydrogen-bond donors (Lipinski definition) is 1. The highest BCUT2D eigenvalue weighted by atomic mass is 14.8. The van der Waals surface area contributed by atoms with Crippen LogP contribution in [0.15, 0.2) is 30.3 Å². The van der Waals surface area contributed by atoms with Gasteiger partial charge in [0.1, 0.15) is 0 Å². The van der Waals surface area contributed by atoms with Crippen LogP contribution >= 0.6 is 0 Å². The lowest BCUT2D eigenvalue weighted by atomic mass is 10.2. The van der Waals surface area contributed by atoms with Gasteiger partial charge in [-0.05, 0) is 18.7 Å². The Balaban J connectivity index is 2.31. The maximum Gasteiger partial charge on any atom is 0.0245 e. The molecule has 0 saturated heterocycles. The van der Waals surface area contributed by atoms with Gasteiger partial charge in [0.25, 0.3) is 0 Å². The first-order valence-corrected chi connectivity index (χ1v) is 4.68. The molecule has 1 N–H and O–H groups in total.